The summed E-state index contributed by atoms with van der Waals surface area (Å²) in [6.07, 6.45) is 3.82. The van der Waals surface area contributed by atoms with E-state index in [9.17, 15) is 0 Å². The molecule has 0 spiro atoms. The van der Waals surface area contributed by atoms with Crippen molar-refractivity contribution in [2.24, 2.45) is 0 Å². The van der Waals surface area contributed by atoms with Crippen LogP contribution in [0.1, 0.15) is 18.5 Å². The molecule has 0 amide bonds. The predicted molar refractivity (Wildman–Crippen MR) is 66.7 cm³/mol. The summed E-state index contributed by atoms with van der Waals surface area (Å²) in [5, 5.41) is 2.70. The van der Waals surface area contributed by atoms with Gasteiger partial charge in [-0.15, -0.1) is 11.3 Å². The molecular weight excluding hydrogens is 222 g/mol. The van der Waals surface area contributed by atoms with Crippen molar-refractivity contribution in [1.82, 2.24) is 9.88 Å². The van der Waals surface area contributed by atoms with Gasteiger partial charge >= 0.3 is 0 Å². The van der Waals surface area contributed by atoms with Crippen molar-refractivity contribution >= 4 is 16.5 Å². The Morgan fingerprint density at radius 3 is 3.19 bits per heavy atom. The Bertz CT molecular complexity index is 323. The van der Waals surface area contributed by atoms with E-state index >= 15 is 0 Å². The minimum Gasteiger partial charge on any atom is -0.377 e. The Hall–Kier alpha value is -0.650. The van der Waals surface area contributed by atoms with Gasteiger partial charge in [0.15, 0.2) is 5.13 Å². The molecule has 0 saturated carbocycles. The Morgan fingerprint density at radius 1 is 1.69 bits per heavy atom. The number of likely N-dealkylation sites (N-methyl/N-ethyl adjacent to an activating group) is 1. The molecule has 0 aromatic carbocycles. The van der Waals surface area contributed by atoms with E-state index in [2.05, 4.69) is 16.9 Å². The summed E-state index contributed by atoms with van der Waals surface area (Å²) >= 11 is 1.51. The second-order valence-corrected chi connectivity index (χ2v) is 5.21. The molecule has 4 nitrogen and oxygen atoms in total. The highest BCUT2D eigenvalue weighted by Gasteiger charge is 2.17. The third-order valence-corrected chi connectivity index (χ3v) is 3.58. The van der Waals surface area contributed by atoms with Gasteiger partial charge in [-0.1, -0.05) is 0 Å². The quantitative estimate of drug-likeness (QED) is 0.846. The van der Waals surface area contributed by atoms with Crippen LogP contribution < -0.4 is 5.73 Å². The standard InChI is InChI=1S/C11H19N3OS/c1-14(7-10-3-2-6-15-10)5-4-9-8-16-11(12)13-9/h8,10H,2-7H2,1H3,(H2,12,13). The zero-order valence-electron chi connectivity index (χ0n) is 9.69. The molecule has 1 fully saturated rings. The number of rotatable bonds is 5. The molecule has 2 N–H and O–H groups in total. The van der Waals surface area contributed by atoms with Crippen LogP contribution in [0, 0.1) is 0 Å². The van der Waals surface area contributed by atoms with Crippen LogP contribution >= 0.6 is 11.3 Å². The summed E-state index contributed by atoms with van der Waals surface area (Å²) < 4.78 is 5.60. The highest BCUT2D eigenvalue weighted by molar-refractivity contribution is 7.13. The van der Waals surface area contributed by atoms with Gasteiger partial charge in [-0.05, 0) is 19.9 Å². The largest absolute Gasteiger partial charge is 0.377 e. The molecule has 0 radical (unpaired) electrons. The Balaban J connectivity index is 1.68. The van der Waals surface area contributed by atoms with Gasteiger partial charge < -0.3 is 15.4 Å². The summed E-state index contributed by atoms with van der Waals surface area (Å²) in [5.74, 6) is 0. The van der Waals surface area contributed by atoms with E-state index in [0.717, 1.165) is 31.8 Å². The van der Waals surface area contributed by atoms with Gasteiger partial charge in [0.2, 0.25) is 0 Å². The van der Waals surface area contributed by atoms with Crippen LogP contribution in [0.25, 0.3) is 0 Å². The van der Waals surface area contributed by atoms with Crippen LogP contribution in [0.5, 0.6) is 0 Å². The lowest BCUT2D eigenvalue weighted by molar-refractivity contribution is 0.0815. The number of hydrogen-bond donors (Lipinski definition) is 1. The molecule has 1 atom stereocenters. The third-order valence-electron chi connectivity index (χ3n) is 2.86. The summed E-state index contributed by atoms with van der Waals surface area (Å²) in [7, 11) is 2.14. The van der Waals surface area contributed by atoms with Crippen molar-refractivity contribution in [3.8, 4) is 0 Å². The van der Waals surface area contributed by atoms with Crippen molar-refractivity contribution in [3.63, 3.8) is 0 Å². The second-order valence-electron chi connectivity index (χ2n) is 4.32. The van der Waals surface area contributed by atoms with Gasteiger partial charge in [0.25, 0.3) is 0 Å². The molecule has 2 heterocycles. The van der Waals surface area contributed by atoms with Gasteiger partial charge in [-0.25, -0.2) is 4.98 Å². The molecule has 1 saturated heterocycles. The third kappa shape index (κ3) is 3.43. The first kappa shape index (κ1) is 11.8. The van der Waals surface area contributed by atoms with Gasteiger partial charge in [-0.2, -0.15) is 0 Å². The zero-order valence-corrected chi connectivity index (χ0v) is 10.5. The number of nitrogens with zero attached hydrogens (tertiary/aromatic N) is 2. The first-order valence-electron chi connectivity index (χ1n) is 5.74. The predicted octanol–water partition coefficient (Wildman–Crippen LogP) is 1.38. The van der Waals surface area contributed by atoms with Crippen molar-refractivity contribution in [2.75, 3.05) is 32.5 Å². The van der Waals surface area contributed by atoms with Crippen molar-refractivity contribution < 1.29 is 4.74 Å². The van der Waals surface area contributed by atoms with E-state index in [1.807, 2.05) is 5.38 Å². The molecule has 0 bridgehead atoms. The molecule has 1 aliphatic heterocycles. The fourth-order valence-corrected chi connectivity index (χ4v) is 2.57. The number of nitrogen functional groups attached to an aromatic ring is 1. The summed E-state index contributed by atoms with van der Waals surface area (Å²) in [6.45, 7) is 2.98. The lowest BCUT2D eigenvalue weighted by Gasteiger charge is -2.19. The van der Waals surface area contributed by atoms with Crippen LogP contribution in [0.15, 0.2) is 5.38 Å². The van der Waals surface area contributed by atoms with E-state index in [-0.39, 0.29) is 0 Å². The van der Waals surface area contributed by atoms with Crippen molar-refractivity contribution in [3.05, 3.63) is 11.1 Å². The average molecular weight is 241 g/mol. The number of thiazole rings is 1. The van der Waals surface area contributed by atoms with E-state index in [4.69, 9.17) is 10.5 Å². The fraction of sp³-hybridized carbons (Fsp3) is 0.727. The Morgan fingerprint density at radius 2 is 2.56 bits per heavy atom. The smallest absolute Gasteiger partial charge is 0.180 e. The molecule has 0 aliphatic carbocycles. The Kier molecular flexibility index (Phi) is 4.15. The van der Waals surface area contributed by atoms with E-state index < -0.39 is 0 Å². The van der Waals surface area contributed by atoms with Gasteiger partial charge in [-0.3, -0.25) is 0 Å². The number of anilines is 1. The zero-order chi connectivity index (χ0) is 11.4. The van der Waals surface area contributed by atoms with Crippen LogP contribution in [-0.2, 0) is 11.2 Å². The second kappa shape index (κ2) is 5.61. The van der Waals surface area contributed by atoms with Crippen LogP contribution in [0.3, 0.4) is 0 Å². The van der Waals surface area contributed by atoms with E-state index in [0.29, 0.717) is 11.2 Å². The number of hydrogen-bond acceptors (Lipinski definition) is 5. The maximum atomic E-state index is 5.60. The van der Waals surface area contributed by atoms with Crippen LogP contribution in [-0.4, -0.2) is 42.7 Å². The molecule has 1 aromatic rings. The first-order chi connectivity index (χ1) is 7.74. The maximum Gasteiger partial charge on any atom is 0.180 e. The topological polar surface area (TPSA) is 51.4 Å². The average Bonchev–Trinajstić information content (AvgIpc) is 2.87. The molecule has 1 unspecified atom stereocenters. The van der Waals surface area contributed by atoms with E-state index in [1.165, 1.54) is 24.2 Å². The maximum absolute atomic E-state index is 5.60. The molecule has 90 valence electrons. The minimum atomic E-state index is 0.436. The SMILES string of the molecule is CN(CCc1csc(N)n1)CC1CCCO1. The Labute approximate surface area is 100 Å². The number of aromatic nitrogens is 1. The fourth-order valence-electron chi connectivity index (χ4n) is 1.97. The summed E-state index contributed by atoms with van der Waals surface area (Å²) in [4.78, 5) is 6.56. The molecule has 2 rings (SSSR count). The lowest BCUT2D eigenvalue weighted by atomic mass is 10.2. The number of ether oxygens (including phenoxy) is 1. The highest BCUT2D eigenvalue weighted by atomic mass is 32.1. The van der Waals surface area contributed by atoms with Gasteiger partial charge in [0.1, 0.15) is 0 Å². The molecular formula is C11H19N3OS. The van der Waals surface area contributed by atoms with Crippen molar-refractivity contribution in [1.29, 1.82) is 0 Å². The monoisotopic (exact) mass is 241 g/mol. The highest BCUT2D eigenvalue weighted by Crippen LogP contribution is 2.14. The minimum absolute atomic E-state index is 0.436. The first-order valence-corrected chi connectivity index (χ1v) is 6.62. The van der Waals surface area contributed by atoms with Gasteiger partial charge in [0.05, 0.1) is 11.8 Å². The molecule has 5 heteroatoms. The summed E-state index contributed by atoms with van der Waals surface area (Å²) in [6, 6.07) is 0. The van der Waals surface area contributed by atoms with Crippen molar-refractivity contribution in [2.45, 2.75) is 25.4 Å². The van der Waals surface area contributed by atoms with E-state index in [1.54, 1.807) is 0 Å². The van der Waals surface area contributed by atoms with Crippen LogP contribution in [0.2, 0.25) is 0 Å². The lowest BCUT2D eigenvalue weighted by Crippen LogP contribution is -2.30. The number of nitrogens with two attached hydrogens (primary N) is 1. The van der Waals surface area contributed by atoms with Gasteiger partial charge in [0, 0.05) is 31.5 Å². The molecule has 1 aliphatic rings. The molecule has 1 aromatic heterocycles. The normalized spacial score (nSPS) is 20.8. The molecule has 16 heavy (non-hydrogen) atoms. The summed E-state index contributed by atoms with van der Waals surface area (Å²) in [5.41, 5.74) is 6.69. The van der Waals surface area contributed by atoms with Crippen LogP contribution in [0.4, 0.5) is 5.13 Å².